The molecule has 7 heteroatoms. The molecule has 0 aromatic heterocycles. The predicted molar refractivity (Wildman–Crippen MR) is 96.2 cm³/mol. The standard InChI is InChI=1S/C19H27N3O4/c1-11(2)9-14(10-15(24)22-26)19(25)21-18-16(17(18)20-12(3)23)13-7-5-4-6-8-13/h4-8,11,14,16-18,26H,9-10H2,1-3H3,(H,20,23)(H,21,25)(H,22,24)/t14-,16-,17+,18+/m1/s1. The Labute approximate surface area is 153 Å². The number of rotatable bonds is 8. The lowest BCUT2D eigenvalue weighted by Crippen LogP contribution is -2.39. The summed E-state index contributed by atoms with van der Waals surface area (Å²) in [5.41, 5.74) is 2.63. The number of carbonyl (C=O) groups excluding carboxylic acids is 3. The Morgan fingerprint density at radius 2 is 1.69 bits per heavy atom. The van der Waals surface area contributed by atoms with Crippen LogP contribution in [-0.2, 0) is 14.4 Å². The van der Waals surface area contributed by atoms with E-state index in [2.05, 4.69) is 10.6 Å². The second-order valence-corrected chi connectivity index (χ2v) is 7.26. The van der Waals surface area contributed by atoms with Gasteiger partial charge in [-0.05, 0) is 17.9 Å². The van der Waals surface area contributed by atoms with E-state index in [1.54, 1.807) is 5.48 Å². The van der Waals surface area contributed by atoms with Crippen molar-refractivity contribution in [3.8, 4) is 0 Å². The summed E-state index contributed by atoms with van der Waals surface area (Å²) in [7, 11) is 0. The number of benzene rings is 1. The van der Waals surface area contributed by atoms with Gasteiger partial charge in [0.15, 0.2) is 0 Å². The van der Waals surface area contributed by atoms with Crippen LogP contribution in [0.2, 0.25) is 0 Å². The maximum Gasteiger partial charge on any atom is 0.244 e. The van der Waals surface area contributed by atoms with E-state index in [4.69, 9.17) is 5.21 Å². The monoisotopic (exact) mass is 361 g/mol. The molecule has 4 N–H and O–H groups in total. The second-order valence-electron chi connectivity index (χ2n) is 7.26. The molecule has 1 aromatic carbocycles. The van der Waals surface area contributed by atoms with E-state index in [0.29, 0.717) is 6.42 Å². The molecule has 0 saturated heterocycles. The Morgan fingerprint density at radius 3 is 2.23 bits per heavy atom. The van der Waals surface area contributed by atoms with Crippen molar-refractivity contribution in [3.63, 3.8) is 0 Å². The van der Waals surface area contributed by atoms with Crippen molar-refractivity contribution in [2.75, 3.05) is 0 Å². The van der Waals surface area contributed by atoms with Gasteiger partial charge in [0.1, 0.15) is 0 Å². The number of hydroxylamine groups is 1. The molecular formula is C19H27N3O4. The van der Waals surface area contributed by atoms with E-state index in [-0.39, 0.29) is 42.2 Å². The summed E-state index contributed by atoms with van der Waals surface area (Å²) in [5, 5.41) is 14.6. The molecule has 0 spiro atoms. The molecule has 4 atom stereocenters. The van der Waals surface area contributed by atoms with Crippen molar-refractivity contribution in [2.45, 2.75) is 51.6 Å². The fourth-order valence-electron chi connectivity index (χ4n) is 3.40. The van der Waals surface area contributed by atoms with Crippen molar-refractivity contribution in [3.05, 3.63) is 35.9 Å². The molecule has 0 radical (unpaired) electrons. The van der Waals surface area contributed by atoms with Gasteiger partial charge < -0.3 is 10.6 Å². The average Bonchev–Trinajstić information content (AvgIpc) is 3.25. The molecule has 1 aliphatic carbocycles. The first-order chi connectivity index (χ1) is 12.3. The van der Waals surface area contributed by atoms with Gasteiger partial charge in [0.25, 0.3) is 0 Å². The van der Waals surface area contributed by atoms with Crippen molar-refractivity contribution in [1.29, 1.82) is 0 Å². The number of nitrogens with one attached hydrogen (secondary N) is 3. The predicted octanol–water partition coefficient (Wildman–Crippen LogP) is 1.33. The van der Waals surface area contributed by atoms with Crippen LogP contribution in [0.5, 0.6) is 0 Å². The van der Waals surface area contributed by atoms with E-state index in [1.165, 1.54) is 6.92 Å². The molecule has 2 rings (SSSR count). The van der Waals surface area contributed by atoms with Crippen molar-refractivity contribution >= 4 is 17.7 Å². The topological polar surface area (TPSA) is 108 Å². The Bertz CT molecular complexity index is 647. The van der Waals surface area contributed by atoms with E-state index in [0.717, 1.165) is 5.56 Å². The molecule has 26 heavy (non-hydrogen) atoms. The molecule has 1 aromatic rings. The van der Waals surface area contributed by atoms with Gasteiger partial charge in [0.2, 0.25) is 17.7 Å². The van der Waals surface area contributed by atoms with Gasteiger partial charge in [-0.3, -0.25) is 19.6 Å². The molecule has 0 aliphatic heterocycles. The molecule has 0 unspecified atom stereocenters. The van der Waals surface area contributed by atoms with E-state index >= 15 is 0 Å². The molecule has 142 valence electrons. The average molecular weight is 361 g/mol. The Balaban J connectivity index is 2.08. The number of amides is 3. The molecule has 0 heterocycles. The maximum atomic E-state index is 12.7. The highest BCUT2D eigenvalue weighted by Crippen LogP contribution is 2.41. The number of carbonyl (C=O) groups is 3. The van der Waals surface area contributed by atoms with Gasteiger partial charge in [-0.2, -0.15) is 0 Å². The second kappa shape index (κ2) is 8.80. The maximum absolute atomic E-state index is 12.7. The van der Waals surface area contributed by atoms with Crippen molar-refractivity contribution in [2.24, 2.45) is 11.8 Å². The molecule has 0 bridgehead atoms. The highest BCUT2D eigenvalue weighted by molar-refractivity contribution is 5.86. The number of hydrogen-bond acceptors (Lipinski definition) is 4. The lowest BCUT2D eigenvalue weighted by Gasteiger charge is -2.18. The van der Waals surface area contributed by atoms with Crippen LogP contribution >= 0.6 is 0 Å². The summed E-state index contributed by atoms with van der Waals surface area (Å²) in [5.74, 6) is -1.26. The highest BCUT2D eigenvalue weighted by Gasteiger charge is 2.53. The van der Waals surface area contributed by atoms with Gasteiger partial charge >= 0.3 is 0 Å². The number of hydrogen-bond donors (Lipinski definition) is 4. The fraction of sp³-hybridized carbons (Fsp3) is 0.526. The van der Waals surface area contributed by atoms with Crippen LogP contribution in [0.4, 0.5) is 0 Å². The van der Waals surface area contributed by atoms with Gasteiger partial charge in [0, 0.05) is 25.2 Å². The van der Waals surface area contributed by atoms with Gasteiger partial charge in [0.05, 0.1) is 12.1 Å². The van der Waals surface area contributed by atoms with E-state index in [1.807, 2.05) is 44.2 Å². The van der Waals surface area contributed by atoms with Gasteiger partial charge in [-0.15, -0.1) is 0 Å². The summed E-state index contributed by atoms with van der Waals surface area (Å²) in [4.78, 5) is 35.7. The fourth-order valence-corrected chi connectivity index (χ4v) is 3.40. The van der Waals surface area contributed by atoms with Crippen LogP contribution in [0, 0.1) is 11.8 Å². The lowest BCUT2D eigenvalue weighted by molar-refractivity contribution is -0.135. The van der Waals surface area contributed by atoms with Crippen LogP contribution in [0.3, 0.4) is 0 Å². The lowest BCUT2D eigenvalue weighted by atomic mass is 9.93. The molecular weight excluding hydrogens is 334 g/mol. The minimum Gasteiger partial charge on any atom is -0.351 e. The van der Waals surface area contributed by atoms with Gasteiger partial charge in [-0.1, -0.05) is 44.2 Å². The zero-order chi connectivity index (χ0) is 19.3. The van der Waals surface area contributed by atoms with Crippen molar-refractivity contribution in [1.82, 2.24) is 16.1 Å². The largest absolute Gasteiger partial charge is 0.351 e. The Morgan fingerprint density at radius 1 is 1.08 bits per heavy atom. The molecule has 7 nitrogen and oxygen atoms in total. The first-order valence-electron chi connectivity index (χ1n) is 8.88. The van der Waals surface area contributed by atoms with Crippen LogP contribution in [0.1, 0.15) is 45.1 Å². The molecule has 1 aliphatic rings. The first kappa shape index (κ1) is 19.9. The Hall–Kier alpha value is -2.41. The molecule has 1 fully saturated rings. The Kier molecular flexibility index (Phi) is 6.74. The summed E-state index contributed by atoms with van der Waals surface area (Å²) in [6.45, 7) is 5.40. The third-order valence-electron chi connectivity index (χ3n) is 4.57. The summed E-state index contributed by atoms with van der Waals surface area (Å²) in [6.07, 6.45) is 0.459. The van der Waals surface area contributed by atoms with Crippen molar-refractivity contribution < 1.29 is 19.6 Å². The third-order valence-corrected chi connectivity index (χ3v) is 4.57. The minimum absolute atomic E-state index is 0.00965. The third kappa shape index (κ3) is 5.29. The van der Waals surface area contributed by atoms with Crippen LogP contribution in [0.15, 0.2) is 30.3 Å². The molecule has 3 amide bonds. The van der Waals surface area contributed by atoms with E-state index < -0.39 is 11.8 Å². The summed E-state index contributed by atoms with van der Waals surface area (Å²) < 4.78 is 0. The van der Waals surface area contributed by atoms with Crippen LogP contribution in [0.25, 0.3) is 0 Å². The summed E-state index contributed by atoms with van der Waals surface area (Å²) in [6, 6.07) is 9.33. The van der Waals surface area contributed by atoms with Gasteiger partial charge in [-0.25, -0.2) is 5.48 Å². The zero-order valence-electron chi connectivity index (χ0n) is 15.4. The smallest absolute Gasteiger partial charge is 0.244 e. The zero-order valence-corrected chi connectivity index (χ0v) is 15.4. The quantitative estimate of drug-likeness (QED) is 0.414. The SMILES string of the molecule is CC(=O)N[C@@H]1[C@@H](NC(=O)[C@@H](CC(=O)NO)CC(C)C)[C@@H]1c1ccccc1. The minimum atomic E-state index is -0.584. The normalized spacial score (nSPS) is 22.4. The summed E-state index contributed by atoms with van der Waals surface area (Å²) >= 11 is 0. The van der Waals surface area contributed by atoms with Crippen LogP contribution < -0.4 is 16.1 Å². The first-order valence-corrected chi connectivity index (χ1v) is 8.88. The highest BCUT2D eigenvalue weighted by atomic mass is 16.5. The molecule has 1 saturated carbocycles. The van der Waals surface area contributed by atoms with E-state index in [9.17, 15) is 14.4 Å². The van der Waals surface area contributed by atoms with Crippen LogP contribution in [-0.4, -0.2) is 35.0 Å².